The summed E-state index contributed by atoms with van der Waals surface area (Å²) in [4.78, 5) is 0. The first-order chi connectivity index (χ1) is 7.57. The van der Waals surface area contributed by atoms with Gasteiger partial charge in [0.25, 0.3) is 0 Å². The van der Waals surface area contributed by atoms with Crippen LogP contribution >= 0.6 is 0 Å². The van der Waals surface area contributed by atoms with Gasteiger partial charge in [-0.25, -0.2) is 0 Å². The summed E-state index contributed by atoms with van der Waals surface area (Å²) in [5.74, 6) is 0.896. The highest BCUT2D eigenvalue weighted by atomic mass is 16.5. The predicted molar refractivity (Wildman–Crippen MR) is 66.8 cm³/mol. The minimum atomic E-state index is -0.180. The highest BCUT2D eigenvalue weighted by molar-refractivity contribution is 5.28. The first-order valence-corrected chi connectivity index (χ1v) is 5.90. The van der Waals surface area contributed by atoms with Gasteiger partial charge >= 0.3 is 0 Å². The molecule has 0 aliphatic heterocycles. The van der Waals surface area contributed by atoms with Gasteiger partial charge in [0, 0.05) is 5.41 Å². The van der Waals surface area contributed by atoms with E-state index in [0.717, 1.165) is 18.6 Å². The first-order valence-electron chi connectivity index (χ1n) is 5.90. The lowest BCUT2D eigenvalue weighted by atomic mass is 9.96. The number of aliphatic hydroxyl groups excluding tert-OH is 1. The van der Waals surface area contributed by atoms with Crippen molar-refractivity contribution in [3.63, 3.8) is 0 Å². The van der Waals surface area contributed by atoms with E-state index in [1.807, 2.05) is 26.0 Å². The van der Waals surface area contributed by atoms with E-state index < -0.39 is 0 Å². The van der Waals surface area contributed by atoms with Crippen LogP contribution in [0.5, 0.6) is 5.75 Å². The van der Waals surface area contributed by atoms with Gasteiger partial charge in [0.15, 0.2) is 0 Å². The van der Waals surface area contributed by atoms with E-state index in [1.54, 1.807) is 0 Å². The van der Waals surface area contributed by atoms with Gasteiger partial charge in [0.05, 0.1) is 13.2 Å². The molecule has 0 saturated heterocycles. The normalized spacial score (nSPS) is 11.5. The van der Waals surface area contributed by atoms with Crippen LogP contribution < -0.4 is 4.74 Å². The smallest absolute Gasteiger partial charge is 0.119 e. The maximum absolute atomic E-state index is 9.13. The average molecular weight is 222 g/mol. The Morgan fingerprint density at radius 2 is 2.06 bits per heavy atom. The molecule has 0 aliphatic rings. The molecule has 0 aliphatic carbocycles. The molecular weight excluding hydrogens is 200 g/mol. The summed E-state index contributed by atoms with van der Waals surface area (Å²) in [5.41, 5.74) is 1.13. The Balaban J connectivity index is 2.57. The molecular formula is C14H22O2. The second-order valence-corrected chi connectivity index (χ2v) is 5.01. The minimum absolute atomic E-state index is 0.141. The Morgan fingerprint density at radius 1 is 1.31 bits per heavy atom. The molecule has 0 bridgehead atoms. The average Bonchev–Trinajstić information content (AvgIpc) is 2.28. The number of aliphatic hydroxyl groups is 1. The quantitative estimate of drug-likeness (QED) is 0.801. The molecule has 0 radical (unpaired) electrons. The number of hydrogen-bond acceptors (Lipinski definition) is 2. The number of benzene rings is 1. The van der Waals surface area contributed by atoms with E-state index in [4.69, 9.17) is 9.84 Å². The van der Waals surface area contributed by atoms with Crippen LogP contribution in [-0.2, 0) is 6.42 Å². The molecule has 0 heterocycles. The molecule has 1 N–H and O–H groups in total. The van der Waals surface area contributed by atoms with Crippen LogP contribution in [0.3, 0.4) is 0 Å². The Hall–Kier alpha value is -1.02. The zero-order valence-corrected chi connectivity index (χ0v) is 10.5. The maximum atomic E-state index is 9.13. The molecule has 0 fully saturated rings. The molecule has 0 saturated carbocycles. The van der Waals surface area contributed by atoms with Crippen molar-refractivity contribution in [1.82, 2.24) is 0 Å². The van der Waals surface area contributed by atoms with Gasteiger partial charge in [0.1, 0.15) is 5.75 Å². The van der Waals surface area contributed by atoms with Crippen LogP contribution in [-0.4, -0.2) is 18.3 Å². The van der Waals surface area contributed by atoms with Crippen LogP contribution in [0, 0.1) is 5.41 Å². The van der Waals surface area contributed by atoms with Crippen LogP contribution in [0.15, 0.2) is 24.3 Å². The molecule has 1 aromatic rings. The standard InChI is InChI=1S/C14H22O2/c1-4-6-12-7-5-8-13(9-12)16-11-14(2,3)10-15/h5,7-9,15H,4,6,10-11H2,1-3H3. The molecule has 2 heteroatoms. The van der Waals surface area contributed by atoms with Crippen molar-refractivity contribution in [1.29, 1.82) is 0 Å². The van der Waals surface area contributed by atoms with Gasteiger partial charge < -0.3 is 9.84 Å². The molecule has 16 heavy (non-hydrogen) atoms. The van der Waals surface area contributed by atoms with Crippen molar-refractivity contribution in [2.24, 2.45) is 5.41 Å². The Bertz CT molecular complexity index is 318. The summed E-state index contributed by atoms with van der Waals surface area (Å²) in [7, 11) is 0. The Labute approximate surface area is 98.3 Å². The Morgan fingerprint density at radius 3 is 2.69 bits per heavy atom. The molecule has 0 atom stereocenters. The summed E-state index contributed by atoms with van der Waals surface area (Å²) < 4.78 is 5.69. The monoisotopic (exact) mass is 222 g/mol. The van der Waals surface area contributed by atoms with Crippen molar-refractivity contribution in [2.75, 3.05) is 13.2 Å². The van der Waals surface area contributed by atoms with Crippen LogP contribution in [0.4, 0.5) is 0 Å². The Kier molecular flexibility index (Phi) is 4.81. The lowest BCUT2D eigenvalue weighted by Gasteiger charge is -2.21. The highest BCUT2D eigenvalue weighted by Crippen LogP contribution is 2.19. The molecule has 1 rings (SSSR count). The fourth-order valence-corrected chi connectivity index (χ4v) is 1.40. The number of rotatable bonds is 6. The van der Waals surface area contributed by atoms with Gasteiger partial charge in [-0.15, -0.1) is 0 Å². The van der Waals surface area contributed by atoms with E-state index in [9.17, 15) is 0 Å². The SMILES string of the molecule is CCCc1cccc(OCC(C)(C)CO)c1. The predicted octanol–water partition coefficient (Wildman–Crippen LogP) is 3.04. The van der Waals surface area contributed by atoms with Crippen molar-refractivity contribution in [2.45, 2.75) is 33.6 Å². The van der Waals surface area contributed by atoms with Crippen molar-refractivity contribution in [3.05, 3.63) is 29.8 Å². The topological polar surface area (TPSA) is 29.5 Å². The number of ether oxygens (including phenoxy) is 1. The summed E-state index contributed by atoms with van der Waals surface area (Å²) >= 11 is 0. The number of aryl methyl sites for hydroxylation is 1. The van der Waals surface area contributed by atoms with Crippen LogP contribution in [0.1, 0.15) is 32.8 Å². The summed E-state index contributed by atoms with van der Waals surface area (Å²) in [6.45, 7) is 6.83. The largest absolute Gasteiger partial charge is 0.493 e. The highest BCUT2D eigenvalue weighted by Gasteiger charge is 2.17. The number of hydrogen-bond donors (Lipinski definition) is 1. The van der Waals surface area contributed by atoms with Gasteiger partial charge in [0.2, 0.25) is 0 Å². The first kappa shape index (κ1) is 13.0. The third-order valence-corrected chi connectivity index (χ3v) is 2.49. The van der Waals surface area contributed by atoms with Gasteiger partial charge in [-0.2, -0.15) is 0 Å². The molecule has 90 valence electrons. The summed E-state index contributed by atoms with van der Waals surface area (Å²) in [6.07, 6.45) is 2.23. The molecule has 2 nitrogen and oxygen atoms in total. The van der Waals surface area contributed by atoms with Gasteiger partial charge in [-0.05, 0) is 24.1 Å². The fraction of sp³-hybridized carbons (Fsp3) is 0.571. The van der Waals surface area contributed by atoms with Crippen LogP contribution in [0.2, 0.25) is 0 Å². The van der Waals surface area contributed by atoms with E-state index >= 15 is 0 Å². The third kappa shape index (κ3) is 4.23. The zero-order valence-electron chi connectivity index (χ0n) is 10.5. The lowest BCUT2D eigenvalue weighted by Crippen LogP contribution is -2.25. The molecule has 0 unspecified atom stereocenters. The fourth-order valence-electron chi connectivity index (χ4n) is 1.40. The lowest BCUT2D eigenvalue weighted by molar-refractivity contribution is 0.0975. The van der Waals surface area contributed by atoms with E-state index in [-0.39, 0.29) is 12.0 Å². The zero-order chi connectivity index (χ0) is 12.0. The minimum Gasteiger partial charge on any atom is -0.493 e. The van der Waals surface area contributed by atoms with Gasteiger partial charge in [-0.3, -0.25) is 0 Å². The van der Waals surface area contributed by atoms with Crippen LogP contribution in [0.25, 0.3) is 0 Å². The van der Waals surface area contributed by atoms with E-state index in [0.29, 0.717) is 6.61 Å². The third-order valence-electron chi connectivity index (χ3n) is 2.49. The molecule has 0 spiro atoms. The van der Waals surface area contributed by atoms with Crippen molar-refractivity contribution < 1.29 is 9.84 Å². The maximum Gasteiger partial charge on any atom is 0.119 e. The summed E-state index contributed by atoms with van der Waals surface area (Å²) in [5, 5.41) is 9.13. The van der Waals surface area contributed by atoms with Crippen molar-refractivity contribution in [3.8, 4) is 5.75 Å². The molecule has 0 aromatic heterocycles. The molecule has 0 amide bonds. The second-order valence-electron chi connectivity index (χ2n) is 5.01. The summed E-state index contributed by atoms with van der Waals surface area (Å²) in [6, 6.07) is 8.18. The van der Waals surface area contributed by atoms with Gasteiger partial charge in [-0.1, -0.05) is 39.3 Å². The van der Waals surface area contributed by atoms with E-state index in [1.165, 1.54) is 5.56 Å². The van der Waals surface area contributed by atoms with E-state index in [2.05, 4.69) is 19.1 Å². The molecule has 1 aromatic carbocycles. The van der Waals surface area contributed by atoms with Crippen molar-refractivity contribution >= 4 is 0 Å². The second kappa shape index (κ2) is 5.90.